The van der Waals surface area contributed by atoms with Gasteiger partial charge in [0.15, 0.2) is 6.61 Å². The summed E-state index contributed by atoms with van der Waals surface area (Å²) in [5, 5.41) is 2.51. The van der Waals surface area contributed by atoms with Gasteiger partial charge in [-0.1, -0.05) is 24.4 Å². The van der Waals surface area contributed by atoms with E-state index in [0.29, 0.717) is 11.4 Å². The lowest BCUT2D eigenvalue weighted by Crippen LogP contribution is -2.44. The van der Waals surface area contributed by atoms with Crippen LogP contribution in [0, 0.1) is 0 Å². The van der Waals surface area contributed by atoms with Crippen LogP contribution >= 0.6 is 11.6 Å². The lowest BCUT2D eigenvalue weighted by molar-refractivity contribution is -0.134. The van der Waals surface area contributed by atoms with E-state index in [1.165, 1.54) is 19.2 Å². The number of likely N-dealkylation sites (N-methyl/N-ethyl adjacent to an activating group) is 1. The molecule has 1 N–H and O–H groups in total. The molecule has 4 rings (SSSR count). The maximum Gasteiger partial charge on any atom is 0.262 e. The summed E-state index contributed by atoms with van der Waals surface area (Å²) in [5.41, 5.74) is 0.301. The van der Waals surface area contributed by atoms with Crippen molar-refractivity contribution >= 4 is 39.1 Å². The molecule has 1 saturated carbocycles. The van der Waals surface area contributed by atoms with E-state index in [4.69, 9.17) is 20.8 Å². The van der Waals surface area contributed by atoms with Crippen LogP contribution in [-0.4, -0.2) is 55.7 Å². The van der Waals surface area contributed by atoms with Crippen molar-refractivity contribution in [2.45, 2.75) is 43.2 Å². The molecule has 1 aromatic heterocycles. The highest BCUT2D eigenvalue weighted by Crippen LogP contribution is 2.36. The maximum absolute atomic E-state index is 13.2. The topological polar surface area (TPSA) is 109 Å². The van der Waals surface area contributed by atoms with E-state index in [0.717, 1.165) is 30.0 Å². The number of hydrogen-bond acceptors (Lipinski definition) is 6. The third kappa shape index (κ3) is 4.62. The molecule has 0 unspecified atom stereocenters. The van der Waals surface area contributed by atoms with Gasteiger partial charge < -0.3 is 19.4 Å². The summed E-state index contributed by atoms with van der Waals surface area (Å²) in [7, 11) is -2.75. The van der Waals surface area contributed by atoms with Crippen molar-refractivity contribution in [3.63, 3.8) is 0 Å². The lowest BCUT2D eigenvalue weighted by Gasteiger charge is -2.30. The number of amides is 2. The van der Waals surface area contributed by atoms with Crippen LogP contribution in [0.2, 0.25) is 5.02 Å². The molecular weight excluding hydrogens is 458 g/mol. The maximum atomic E-state index is 13.2. The molecule has 1 aliphatic heterocycles. The minimum absolute atomic E-state index is 0.0491. The average Bonchev–Trinajstić information content (AvgIpc) is 3.45. The van der Waals surface area contributed by atoms with Gasteiger partial charge in [-0.25, -0.2) is 8.42 Å². The quantitative estimate of drug-likeness (QED) is 0.651. The number of nitrogens with one attached hydrogen (secondary N) is 1. The van der Waals surface area contributed by atoms with E-state index < -0.39 is 10.0 Å². The van der Waals surface area contributed by atoms with Crippen LogP contribution in [0.15, 0.2) is 39.8 Å². The Bertz CT molecular complexity index is 1110. The summed E-state index contributed by atoms with van der Waals surface area (Å²) in [5.74, 6) is 0.192. The number of nitrogens with zero attached hydrogens (tertiary/aromatic N) is 2. The molecule has 0 saturated heterocycles. The molecule has 0 spiro atoms. The van der Waals surface area contributed by atoms with Crippen LogP contribution < -0.4 is 10.1 Å². The Morgan fingerprint density at radius 2 is 2.03 bits per heavy atom. The van der Waals surface area contributed by atoms with Gasteiger partial charge in [0, 0.05) is 19.2 Å². The molecule has 172 valence electrons. The zero-order valence-corrected chi connectivity index (χ0v) is 19.1. The summed E-state index contributed by atoms with van der Waals surface area (Å²) in [6.45, 7) is -0.270. The Hall–Kier alpha value is -2.56. The second kappa shape index (κ2) is 9.13. The Morgan fingerprint density at radius 3 is 2.72 bits per heavy atom. The number of fused-ring (bicyclic) bond motifs is 1. The Labute approximate surface area is 191 Å². The molecule has 2 aliphatic rings. The highest BCUT2D eigenvalue weighted by molar-refractivity contribution is 7.89. The zero-order valence-electron chi connectivity index (χ0n) is 17.5. The van der Waals surface area contributed by atoms with Gasteiger partial charge in [0.2, 0.25) is 15.9 Å². The van der Waals surface area contributed by atoms with Crippen molar-refractivity contribution < 1.29 is 27.2 Å². The summed E-state index contributed by atoms with van der Waals surface area (Å²) in [4.78, 5) is 26.2. The van der Waals surface area contributed by atoms with Crippen molar-refractivity contribution in [1.82, 2.24) is 9.21 Å². The fourth-order valence-electron chi connectivity index (χ4n) is 4.02. The number of carbonyl (C=O) groups excluding carboxylic acids is 2. The van der Waals surface area contributed by atoms with Gasteiger partial charge >= 0.3 is 0 Å². The normalized spacial score (nSPS) is 16.5. The smallest absolute Gasteiger partial charge is 0.262 e. The lowest BCUT2D eigenvalue weighted by atomic mass is 10.2. The number of benzene rings is 1. The van der Waals surface area contributed by atoms with Gasteiger partial charge in [-0.2, -0.15) is 4.31 Å². The summed E-state index contributed by atoms with van der Waals surface area (Å²) in [6.07, 6.45) is 5.36. The molecule has 11 heteroatoms. The van der Waals surface area contributed by atoms with Crippen molar-refractivity contribution in [3.8, 4) is 5.75 Å². The fourth-order valence-corrected chi connectivity index (χ4v) is 5.65. The second-order valence-electron chi connectivity index (χ2n) is 7.92. The number of sulfonamides is 1. The Morgan fingerprint density at radius 1 is 1.28 bits per heavy atom. The fraction of sp³-hybridized carbons (Fsp3) is 0.429. The van der Waals surface area contributed by atoms with E-state index >= 15 is 0 Å². The number of furan rings is 1. The number of halogens is 1. The van der Waals surface area contributed by atoms with Gasteiger partial charge in [-0.05, 0) is 31.0 Å². The van der Waals surface area contributed by atoms with E-state index in [1.54, 1.807) is 23.3 Å². The molecule has 0 atom stereocenters. The number of rotatable bonds is 7. The molecule has 32 heavy (non-hydrogen) atoms. The minimum atomic E-state index is -4.09. The first-order valence-corrected chi connectivity index (χ1v) is 12.1. The number of ether oxygens (including phenoxy) is 1. The van der Waals surface area contributed by atoms with E-state index in [2.05, 4.69) is 5.32 Å². The van der Waals surface area contributed by atoms with Gasteiger partial charge in [-0.3, -0.25) is 9.59 Å². The molecule has 2 heterocycles. The molecular formula is C21H24ClN3O6S. The molecule has 1 fully saturated rings. The van der Waals surface area contributed by atoms with Crippen LogP contribution in [0.1, 0.15) is 31.4 Å². The van der Waals surface area contributed by atoms with Crippen LogP contribution in [0.4, 0.5) is 5.69 Å². The molecule has 0 radical (unpaired) electrons. The number of anilines is 1. The standard InChI is InChI=1S/C21H24ClN3O6S/c1-24(12-21(27)25(14-5-2-3-6-14)11-15-7-4-8-30-15)32(28,29)19-10-18-17(9-16(19)22)23-20(26)13-31-18/h4,7-10,14H,2-3,5-6,11-13H2,1H3,(H,23,26). The first-order valence-electron chi connectivity index (χ1n) is 10.3. The van der Waals surface area contributed by atoms with Crippen LogP contribution in [0.3, 0.4) is 0 Å². The third-order valence-electron chi connectivity index (χ3n) is 5.71. The van der Waals surface area contributed by atoms with E-state index in [1.807, 2.05) is 0 Å². The van der Waals surface area contributed by atoms with Gasteiger partial charge in [0.25, 0.3) is 5.91 Å². The minimum Gasteiger partial charge on any atom is -0.482 e. The SMILES string of the molecule is CN(CC(=O)N(Cc1ccco1)C1CCCC1)S(=O)(=O)c1cc2c(cc1Cl)NC(=O)CO2. The van der Waals surface area contributed by atoms with Crippen molar-refractivity contribution in [2.24, 2.45) is 0 Å². The second-order valence-corrected chi connectivity index (χ2v) is 10.3. The van der Waals surface area contributed by atoms with Gasteiger partial charge in [0.1, 0.15) is 16.4 Å². The molecule has 0 bridgehead atoms. The number of hydrogen-bond donors (Lipinski definition) is 1. The van der Waals surface area contributed by atoms with Crippen molar-refractivity contribution in [3.05, 3.63) is 41.3 Å². The Balaban J connectivity index is 1.54. The Kier molecular flexibility index (Phi) is 6.45. The third-order valence-corrected chi connectivity index (χ3v) is 7.97. The molecule has 2 aromatic rings. The van der Waals surface area contributed by atoms with E-state index in [9.17, 15) is 18.0 Å². The number of carbonyl (C=O) groups is 2. The summed E-state index contributed by atoms with van der Waals surface area (Å²) in [6, 6.07) is 6.20. The first-order chi connectivity index (χ1) is 15.3. The summed E-state index contributed by atoms with van der Waals surface area (Å²) >= 11 is 6.21. The monoisotopic (exact) mass is 481 g/mol. The largest absolute Gasteiger partial charge is 0.482 e. The van der Waals surface area contributed by atoms with Crippen molar-refractivity contribution in [2.75, 3.05) is 25.5 Å². The van der Waals surface area contributed by atoms with Gasteiger partial charge in [-0.15, -0.1) is 0 Å². The summed E-state index contributed by atoms with van der Waals surface area (Å²) < 4.78 is 38.1. The molecule has 1 aliphatic carbocycles. The molecule has 1 aromatic carbocycles. The first kappa shape index (κ1) is 22.6. The highest BCUT2D eigenvalue weighted by atomic mass is 35.5. The highest BCUT2D eigenvalue weighted by Gasteiger charge is 2.32. The molecule has 9 nitrogen and oxygen atoms in total. The van der Waals surface area contributed by atoms with E-state index in [-0.39, 0.29) is 53.2 Å². The van der Waals surface area contributed by atoms with Crippen molar-refractivity contribution in [1.29, 1.82) is 0 Å². The molecule has 2 amide bonds. The predicted molar refractivity (Wildman–Crippen MR) is 117 cm³/mol. The average molecular weight is 482 g/mol. The van der Waals surface area contributed by atoms with Crippen LogP contribution in [0.25, 0.3) is 0 Å². The van der Waals surface area contributed by atoms with Gasteiger partial charge in [0.05, 0.1) is 30.1 Å². The zero-order chi connectivity index (χ0) is 22.9. The van der Waals surface area contributed by atoms with Crippen LogP contribution in [0.5, 0.6) is 5.75 Å². The predicted octanol–water partition coefficient (Wildman–Crippen LogP) is 2.86. The van der Waals surface area contributed by atoms with Crippen LogP contribution in [-0.2, 0) is 26.2 Å².